The van der Waals surface area contributed by atoms with Gasteiger partial charge in [0.2, 0.25) is 0 Å². The third-order valence-corrected chi connectivity index (χ3v) is 6.18. The van der Waals surface area contributed by atoms with Crippen LogP contribution in [0.3, 0.4) is 0 Å². The van der Waals surface area contributed by atoms with Crippen LogP contribution in [-0.2, 0) is 12.3 Å². The first-order valence-corrected chi connectivity index (χ1v) is 11.4. The molecule has 31 heavy (non-hydrogen) atoms. The molecule has 2 heterocycles. The van der Waals surface area contributed by atoms with Gasteiger partial charge in [-0.05, 0) is 19.3 Å². The van der Waals surface area contributed by atoms with E-state index in [0.29, 0.717) is 24.5 Å². The number of halogens is 2. The molecule has 0 aliphatic carbocycles. The van der Waals surface area contributed by atoms with E-state index in [4.69, 9.17) is 0 Å². The molecule has 2 atom stereocenters. The maximum Gasteiger partial charge on any atom is 0.302 e. The quantitative estimate of drug-likeness (QED) is 0.397. The molecule has 0 radical (unpaired) electrons. The molecule has 1 aliphatic rings. The molecule has 0 saturated carbocycles. The molecule has 1 aromatic heterocycles. The number of hydrogen-bond acceptors (Lipinski definition) is 6. The molecule has 0 unspecified atom stereocenters. The van der Waals surface area contributed by atoms with E-state index in [9.17, 15) is 18.7 Å². The van der Waals surface area contributed by atoms with Crippen LogP contribution in [0.25, 0.3) is 0 Å². The number of carbonyl (C=O) groups is 1. The number of thioether (sulfide) groups is 1. The van der Waals surface area contributed by atoms with Gasteiger partial charge in [-0.3, -0.25) is 4.79 Å². The first-order valence-electron chi connectivity index (χ1n) is 10.4. The molecule has 1 saturated heterocycles. The van der Waals surface area contributed by atoms with Gasteiger partial charge in [-0.25, -0.2) is 0 Å². The molecular weight excluding hydrogens is 424 g/mol. The molecule has 1 fully saturated rings. The Morgan fingerprint density at radius 3 is 2.77 bits per heavy atom. The number of carbonyl (C=O) groups excluding carboxylic acids is 1. The van der Waals surface area contributed by atoms with Crippen LogP contribution in [0.15, 0.2) is 42.5 Å². The van der Waals surface area contributed by atoms with Crippen molar-refractivity contribution in [1.29, 1.82) is 0 Å². The minimum atomic E-state index is -3.39. The number of aliphatic hydroxyl groups is 1. The monoisotopic (exact) mass is 451 g/mol. The van der Waals surface area contributed by atoms with E-state index in [1.165, 1.54) is 36.0 Å². The van der Waals surface area contributed by atoms with Crippen LogP contribution in [0.4, 0.5) is 13.6 Å². The number of rotatable bonds is 11. The first kappa shape index (κ1) is 23.3. The predicted molar refractivity (Wildman–Crippen MR) is 115 cm³/mol. The van der Waals surface area contributed by atoms with Gasteiger partial charge in [-0.15, -0.1) is 10.2 Å². The summed E-state index contributed by atoms with van der Waals surface area (Å²) in [6, 6.07) is 6.98. The average Bonchev–Trinajstić information content (AvgIpc) is 3.29. The minimum Gasteiger partial charge on any atom is -0.382 e. The number of aromatic amines is 1. The van der Waals surface area contributed by atoms with Gasteiger partial charge in [0.25, 0.3) is 5.24 Å². The van der Waals surface area contributed by atoms with Crippen molar-refractivity contribution in [3.05, 3.63) is 53.9 Å². The number of aryl methyl sites for hydroxylation is 1. The molecule has 168 valence electrons. The van der Waals surface area contributed by atoms with Crippen LogP contribution in [0.1, 0.15) is 43.5 Å². The number of tetrazole rings is 1. The predicted octanol–water partition coefficient (Wildman–Crippen LogP) is 3.94. The van der Waals surface area contributed by atoms with Crippen molar-refractivity contribution >= 4 is 17.0 Å². The van der Waals surface area contributed by atoms with Crippen LogP contribution in [0.5, 0.6) is 0 Å². The third kappa shape index (κ3) is 6.57. The Morgan fingerprint density at radius 1 is 1.26 bits per heavy atom. The molecule has 2 N–H and O–H groups in total. The highest BCUT2D eigenvalue weighted by molar-refractivity contribution is 8.13. The van der Waals surface area contributed by atoms with E-state index in [1.807, 2.05) is 0 Å². The summed E-state index contributed by atoms with van der Waals surface area (Å²) >= 11 is 1.25. The Hall–Kier alpha value is -2.33. The average molecular weight is 452 g/mol. The van der Waals surface area contributed by atoms with Gasteiger partial charge in [-0.1, -0.05) is 72.3 Å². The number of aliphatic hydroxyl groups excluding tert-OH is 1. The van der Waals surface area contributed by atoms with E-state index in [2.05, 4.69) is 20.6 Å². The molecular formula is C21H27F2N5O2S. The Morgan fingerprint density at radius 2 is 2.03 bits per heavy atom. The fraction of sp³-hybridized carbons (Fsp3) is 0.524. The molecule has 2 aromatic rings. The van der Waals surface area contributed by atoms with Crippen LogP contribution >= 0.6 is 11.8 Å². The lowest BCUT2D eigenvalue weighted by molar-refractivity contribution is -0.0929. The summed E-state index contributed by atoms with van der Waals surface area (Å²) in [5, 5.41) is 23.8. The van der Waals surface area contributed by atoms with Gasteiger partial charge in [0.1, 0.15) is 6.10 Å². The topological polar surface area (TPSA) is 95.0 Å². The summed E-state index contributed by atoms with van der Waals surface area (Å²) in [5.74, 6) is -2.06. The number of aromatic nitrogens is 4. The van der Waals surface area contributed by atoms with E-state index in [1.54, 1.807) is 17.0 Å². The van der Waals surface area contributed by atoms with E-state index in [-0.39, 0.29) is 16.8 Å². The van der Waals surface area contributed by atoms with Crippen molar-refractivity contribution in [3.8, 4) is 0 Å². The van der Waals surface area contributed by atoms with Crippen molar-refractivity contribution in [2.75, 3.05) is 12.3 Å². The maximum atomic E-state index is 14.5. The second kappa shape index (κ2) is 11.3. The fourth-order valence-electron chi connectivity index (χ4n) is 3.49. The zero-order valence-corrected chi connectivity index (χ0v) is 18.0. The summed E-state index contributed by atoms with van der Waals surface area (Å²) in [6.45, 7) is 0.564. The lowest BCUT2D eigenvalue weighted by Gasteiger charge is -2.33. The summed E-state index contributed by atoms with van der Waals surface area (Å²) in [7, 11) is 0. The van der Waals surface area contributed by atoms with E-state index < -0.39 is 12.0 Å². The normalized spacial score (nSPS) is 18.6. The van der Waals surface area contributed by atoms with Crippen molar-refractivity contribution in [1.82, 2.24) is 25.5 Å². The van der Waals surface area contributed by atoms with Gasteiger partial charge >= 0.3 is 5.92 Å². The van der Waals surface area contributed by atoms with Gasteiger partial charge in [0, 0.05) is 24.3 Å². The maximum absolute atomic E-state index is 14.5. The van der Waals surface area contributed by atoms with Gasteiger partial charge in [0.15, 0.2) is 5.82 Å². The number of benzene rings is 1. The van der Waals surface area contributed by atoms with Crippen molar-refractivity contribution in [2.24, 2.45) is 0 Å². The summed E-state index contributed by atoms with van der Waals surface area (Å²) in [6.07, 6.45) is 5.84. The summed E-state index contributed by atoms with van der Waals surface area (Å²) < 4.78 is 29.0. The van der Waals surface area contributed by atoms with E-state index in [0.717, 1.165) is 38.2 Å². The lowest BCUT2D eigenvalue weighted by atomic mass is 10.0. The highest BCUT2D eigenvalue weighted by atomic mass is 32.2. The van der Waals surface area contributed by atoms with Gasteiger partial charge < -0.3 is 10.0 Å². The second-order valence-corrected chi connectivity index (χ2v) is 8.52. The molecule has 1 amide bonds. The van der Waals surface area contributed by atoms with Gasteiger partial charge in [-0.2, -0.15) is 14.0 Å². The molecule has 1 aromatic carbocycles. The largest absolute Gasteiger partial charge is 0.382 e. The number of alkyl halides is 2. The van der Waals surface area contributed by atoms with Crippen LogP contribution in [-0.4, -0.2) is 60.3 Å². The summed E-state index contributed by atoms with van der Waals surface area (Å²) in [5.41, 5.74) is -0.236. The smallest absolute Gasteiger partial charge is 0.302 e. The molecule has 10 heteroatoms. The second-order valence-electron chi connectivity index (χ2n) is 7.47. The number of amides is 1. The number of hydrogen-bond donors (Lipinski definition) is 2. The summed E-state index contributed by atoms with van der Waals surface area (Å²) in [4.78, 5) is 14.1. The first-order chi connectivity index (χ1) is 15.0. The standard InChI is InChI=1S/C21H27F2N5O2S/c22-21(23,16-8-4-3-5-9-16)18(29)12-11-17-13-15-31-20(30)28(17)14-7-2-1-6-10-19-24-26-27-25-19/h3-5,8-9,11-12,17-18,29H,1-2,6-7,10,13-15H2,(H,24,25,26,27)/b12-11+/t17-,18+/m0/s1. The Kier molecular flexibility index (Phi) is 8.53. The van der Waals surface area contributed by atoms with Crippen molar-refractivity contribution in [2.45, 2.75) is 56.6 Å². The SMILES string of the molecule is O=C1SCC[C@H](/C=C/[C@@H](O)C(F)(F)c2ccccc2)N1CCCCCCc1nn[nH]n1. The Labute approximate surface area is 184 Å². The number of unbranched alkanes of at least 4 members (excludes halogenated alkanes) is 3. The zero-order chi connectivity index (χ0) is 22.1. The Balaban J connectivity index is 1.49. The highest BCUT2D eigenvalue weighted by Gasteiger charge is 2.39. The number of nitrogens with zero attached hydrogens (tertiary/aromatic N) is 4. The van der Waals surface area contributed by atoms with Crippen LogP contribution < -0.4 is 0 Å². The molecule has 1 aliphatic heterocycles. The fourth-order valence-corrected chi connectivity index (χ4v) is 4.42. The van der Waals surface area contributed by atoms with Crippen molar-refractivity contribution < 1.29 is 18.7 Å². The molecule has 0 bridgehead atoms. The van der Waals surface area contributed by atoms with Crippen LogP contribution in [0, 0.1) is 0 Å². The third-order valence-electron chi connectivity index (χ3n) is 5.26. The molecule has 0 spiro atoms. The van der Waals surface area contributed by atoms with Gasteiger partial charge in [0.05, 0.1) is 6.04 Å². The van der Waals surface area contributed by atoms with E-state index >= 15 is 0 Å². The minimum absolute atomic E-state index is 0.0444. The number of nitrogens with one attached hydrogen (secondary N) is 1. The molecule has 3 rings (SSSR count). The molecule has 7 nitrogen and oxygen atoms in total. The highest BCUT2D eigenvalue weighted by Crippen LogP contribution is 2.33. The zero-order valence-electron chi connectivity index (χ0n) is 17.2. The van der Waals surface area contributed by atoms with Crippen molar-refractivity contribution in [3.63, 3.8) is 0 Å². The van der Waals surface area contributed by atoms with Crippen LogP contribution in [0.2, 0.25) is 0 Å². The Bertz CT molecular complexity index is 836. The number of H-pyrrole nitrogens is 1. The lowest BCUT2D eigenvalue weighted by Crippen LogP contribution is -2.41.